The van der Waals surface area contributed by atoms with Crippen molar-refractivity contribution >= 4 is 159 Å². The monoisotopic (exact) mass is 1030 g/mol. The Morgan fingerprint density at radius 1 is 0.517 bits per heavy atom. The molecule has 2 atom stereocenters. The predicted molar refractivity (Wildman–Crippen MR) is 160 cm³/mol. The van der Waals surface area contributed by atoms with Crippen molar-refractivity contribution in [1.82, 2.24) is 0 Å². The molecule has 0 heterocycles. The Hall–Kier alpha value is 3.20. The minimum absolute atomic E-state index is 0.204. The predicted octanol–water partition coefficient (Wildman–Crippen LogP) is 10.7. The molecule has 2 aromatic rings. The van der Waals surface area contributed by atoms with Gasteiger partial charge in [-0.25, -0.2) is 0 Å². The first-order valence-electron chi connectivity index (χ1n) is 7.81. The van der Waals surface area contributed by atoms with Gasteiger partial charge in [-0.1, -0.05) is 156 Å². The molecular formula is C18H12Br10O. The largest absolute Gasteiger partial charge is 0.322 e. The SMILES string of the molecule is BrC(Br)C(Br)(c1ccccc1)C(Br)(Br)OC(Br)(Br)C(Br)(c1ccccc1)C(Br)Br. The van der Waals surface area contributed by atoms with Gasteiger partial charge in [0.05, 0.1) is 7.47 Å². The summed E-state index contributed by atoms with van der Waals surface area (Å²) in [5, 5.41) is 0. The summed E-state index contributed by atoms with van der Waals surface area (Å²) >= 11 is 37.6. The van der Waals surface area contributed by atoms with E-state index in [1.165, 1.54) is 0 Å². The summed E-state index contributed by atoms with van der Waals surface area (Å²) in [5.74, 6) is 0. The maximum absolute atomic E-state index is 6.64. The standard InChI is InChI=1S/C18H12Br10O/c19-13(20)15(23,11-7-3-1-4-8-11)17(25,26)29-18(27,28)16(24,14(21)22)12-9-5-2-6-10-12/h1-10,13-14H. The summed E-state index contributed by atoms with van der Waals surface area (Å²) in [5.41, 5.74) is 1.97. The Kier molecular flexibility index (Phi) is 11.1. The second-order valence-corrected chi connectivity index (χ2v) is 21.1. The highest BCUT2D eigenvalue weighted by molar-refractivity contribution is 9.28. The minimum atomic E-state index is -1.08. The summed E-state index contributed by atoms with van der Waals surface area (Å²) in [6.45, 7) is 0. The van der Waals surface area contributed by atoms with Gasteiger partial charge in [-0.05, 0) is 74.8 Å². The molecule has 29 heavy (non-hydrogen) atoms. The molecule has 0 saturated heterocycles. The molecule has 1 nitrogen and oxygen atoms in total. The van der Waals surface area contributed by atoms with Crippen molar-refractivity contribution in [2.24, 2.45) is 0 Å². The van der Waals surface area contributed by atoms with Gasteiger partial charge in [0.1, 0.15) is 8.65 Å². The van der Waals surface area contributed by atoms with E-state index >= 15 is 0 Å². The molecule has 0 aliphatic heterocycles. The highest BCUT2D eigenvalue weighted by atomic mass is 79.9. The molecule has 0 amide bonds. The van der Waals surface area contributed by atoms with Crippen molar-refractivity contribution < 1.29 is 4.74 Å². The smallest absolute Gasteiger partial charge is 0.201 e. The molecule has 0 saturated carbocycles. The lowest BCUT2D eigenvalue weighted by Crippen LogP contribution is -2.53. The minimum Gasteiger partial charge on any atom is -0.322 e. The quantitative estimate of drug-likeness (QED) is 0.240. The van der Waals surface area contributed by atoms with Gasteiger partial charge in [0.25, 0.3) is 0 Å². The first-order valence-corrected chi connectivity index (χ1v) is 16.2. The first kappa shape index (κ1) is 28.4. The Labute approximate surface area is 254 Å². The summed E-state index contributed by atoms with van der Waals surface area (Å²) in [4.78, 5) is 0. The van der Waals surface area contributed by atoms with Crippen LogP contribution in [0.4, 0.5) is 0 Å². The molecule has 0 bridgehead atoms. The van der Waals surface area contributed by atoms with Crippen molar-refractivity contribution in [3.05, 3.63) is 71.8 Å². The Morgan fingerprint density at radius 2 is 0.793 bits per heavy atom. The van der Waals surface area contributed by atoms with Crippen LogP contribution in [0.1, 0.15) is 11.1 Å². The van der Waals surface area contributed by atoms with Gasteiger partial charge in [-0.3, -0.25) is 0 Å². The molecule has 0 fully saturated rings. The van der Waals surface area contributed by atoms with Gasteiger partial charge in [-0.2, -0.15) is 0 Å². The van der Waals surface area contributed by atoms with Crippen molar-refractivity contribution in [1.29, 1.82) is 0 Å². The first-order chi connectivity index (χ1) is 13.3. The number of ether oxygens (including phenoxy) is 1. The normalized spacial score (nSPS) is 17.2. The maximum Gasteiger partial charge on any atom is 0.201 e. The molecule has 160 valence electrons. The van der Waals surface area contributed by atoms with Crippen molar-refractivity contribution in [2.75, 3.05) is 0 Å². The van der Waals surface area contributed by atoms with Crippen molar-refractivity contribution in [3.63, 3.8) is 0 Å². The lowest BCUT2D eigenvalue weighted by atomic mass is 10.0. The third kappa shape index (κ3) is 5.89. The number of hydrogen-bond acceptors (Lipinski definition) is 1. The molecule has 0 aliphatic carbocycles. The molecule has 2 rings (SSSR count). The van der Waals surface area contributed by atoms with Crippen LogP contribution in [0, 0.1) is 0 Å². The van der Waals surface area contributed by atoms with E-state index in [0.29, 0.717) is 0 Å². The number of alkyl halides is 10. The third-order valence-electron chi connectivity index (χ3n) is 4.09. The third-order valence-corrected chi connectivity index (χ3v) is 17.5. The molecule has 0 aliphatic rings. The van der Waals surface area contributed by atoms with Crippen molar-refractivity contribution in [2.45, 2.75) is 23.0 Å². The van der Waals surface area contributed by atoms with Crippen LogP contribution in [0.25, 0.3) is 0 Å². The van der Waals surface area contributed by atoms with E-state index in [0.717, 1.165) is 11.1 Å². The van der Waals surface area contributed by atoms with Crippen LogP contribution in [0.2, 0.25) is 0 Å². The molecule has 0 radical (unpaired) electrons. The van der Waals surface area contributed by atoms with E-state index in [4.69, 9.17) is 4.74 Å². The van der Waals surface area contributed by atoms with E-state index in [1.807, 2.05) is 60.7 Å². The van der Waals surface area contributed by atoms with E-state index in [1.54, 1.807) is 0 Å². The van der Waals surface area contributed by atoms with Crippen LogP contribution >= 0.6 is 159 Å². The van der Waals surface area contributed by atoms with E-state index < -0.39 is 15.5 Å². The zero-order valence-corrected chi connectivity index (χ0v) is 30.0. The van der Waals surface area contributed by atoms with Gasteiger partial charge in [0, 0.05) is 0 Å². The van der Waals surface area contributed by atoms with Gasteiger partial charge in [-0.15, -0.1) is 0 Å². The Morgan fingerprint density at radius 3 is 1.03 bits per heavy atom. The number of halogens is 10. The van der Waals surface area contributed by atoms with E-state index in [-0.39, 0.29) is 7.47 Å². The summed E-state index contributed by atoms with van der Waals surface area (Å²) in [7, 11) is 0. The van der Waals surface area contributed by atoms with Gasteiger partial charge in [0.15, 0.2) is 0 Å². The average Bonchev–Trinajstić information content (AvgIpc) is 2.66. The molecular weight excluding hydrogens is 1030 g/mol. The molecule has 0 aromatic heterocycles. The second-order valence-electron chi connectivity index (χ2n) is 5.89. The molecule has 2 aromatic carbocycles. The Bertz CT molecular complexity index is 731. The fraction of sp³-hybridized carbons (Fsp3) is 0.333. The van der Waals surface area contributed by atoms with Gasteiger partial charge < -0.3 is 4.74 Å². The van der Waals surface area contributed by atoms with Crippen LogP contribution < -0.4 is 0 Å². The molecule has 0 N–H and O–H groups in total. The summed E-state index contributed by atoms with van der Waals surface area (Å²) in [6.07, 6.45) is 0. The second kappa shape index (κ2) is 11.3. The maximum atomic E-state index is 6.64. The lowest BCUT2D eigenvalue weighted by molar-refractivity contribution is 0.0287. The Balaban J connectivity index is 2.55. The highest BCUT2D eigenvalue weighted by Crippen LogP contribution is 2.64. The van der Waals surface area contributed by atoms with Crippen LogP contribution in [0.15, 0.2) is 60.7 Å². The van der Waals surface area contributed by atoms with Gasteiger partial charge >= 0.3 is 0 Å². The number of benzene rings is 2. The van der Waals surface area contributed by atoms with E-state index in [2.05, 4.69) is 159 Å². The lowest BCUT2D eigenvalue weighted by Gasteiger charge is -2.48. The van der Waals surface area contributed by atoms with Crippen LogP contribution in [-0.2, 0) is 13.4 Å². The number of rotatable bonds is 8. The van der Waals surface area contributed by atoms with Crippen LogP contribution in [0.5, 0.6) is 0 Å². The van der Waals surface area contributed by atoms with Crippen molar-refractivity contribution in [3.8, 4) is 0 Å². The zero-order valence-electron chi connectivity index (χ0n) is 14.1. The fourth-order valence-corrected chi connectivity index (χ4v) is 11.7. The molecule has 0 spiro atoms. The number of hydrogen-bond donors (Lipinski definition) is 0. The molecule has 11 heteroatoms. The highest BCUT2D eigenvalue weighted by Gasteiger charge is 2.61. The van der Waals surface area contributed by atoms with Gasteiger partial charge in [0.2, 0.25) is 6.84 Å². The van der Waals surface area contributed by atoms with Crippen LogP contribution in [0.3, 0.4) is 0 Å². The molecule has 2 unspecified atom stereocenters. The fourth-order valence-electron chi connectivity index (χ4n) is 2.51. The summed E-state index contributed by atoms with van der Waals surface area (Å²) in [6, 6.07) is 19.9. The average molecular weight is 1040 g/mol. The topological polar surface area (TPSA) is 9.23 Å². The summed E-state index contributed by atoms with van der Waals surface area (Å²) < 4.78 is 2.55. The van der Waals surface area contributed by atoms with Crippen LogP contribution in [-0.4, -0.2) is 14.3 Å². The zero-order chi connectivity index (χ0) is 22.1. The van der Waals surface area contributed by atoms with E-state index in [9.17, 15) is 0 Å².